The van der Waals surface area contributed by atoms with Crippen LogP contribution in [0, 0.1) is 0 Å². The van der Waals surface area contributed by atoms with Gasteiger partial charge in [-0.2, -0.15) is 0 Å². The minimum Gasteiger partial charge on any atom is -1.00 e. The molecule has 4 atom stereocenters. The van der Waals surface area contributed by atoms with E-state index in [0.717, 1.165) is 108 Å². The van der Waals surface area contributed by atoms with Crippen molar-refractivity contribution in [2.24, 2.45) is 0 Å². The van der Waals surface area contributed by atoms with Crippen LogP contribution in [0.25, 0.3) is 0 Å². The Hall–Kier alpha value is -0.0300. The third-order valence-electron chi connectivity index (χ3n) is 13.1. The first-order valence-corrected chi connectivity index (χ1v) is 26.2. The third-order valence-corrected chi connectivity index (χ3v) is 13.1. The fourth-order valence-corrected chi connectivity index (χ4v) is 9.13. The molecule has 0 spiro atoms. The molecule has 0 aromatic heterocycles. The second-order valence-corrected chi connectivity index (χ2v) is 18.8. The summed E-state index contributed by atoms with van der Waals surface area (Å²) in [6.45, 7) is 12.4. The van der Waals surface area contributed by atoms with E-state index in [2.05, 4.69) is 27.7 Å². The lowest BCUT2D eigenvalue weighted by molar-refractivity contribution is -0.929. The Morgan fingerprint density at radius 1 is 0.241 bits per heavy atom. The second kappa shape index (κ2) is 46.5. The second-order valence-electron chi connectivity index (χ2n) is 18.8. The largest absolute Gasteiger partial charge is 1.00 e. The maximum absolute atomic E-state index is 15.2. The maximum Gasteiger partial charge on any atom is 0.100 e. The molecular formula is C52H104ClF4N. The normalized spacial score (nSPS) is 14.9. The SMILES string of the molecule is CCCCCCCCCC(F)CCC[N+](CCCC(F)CCCCCCCCC)(CCCC(F)CCCCCCCCC)CCCC(F)CCCCCCCCC.[Cl-]. The highest BCUT2D eigenvalue weighted by molar-refractivity contribution is 4.65. The molecule has 0 amide bonds. The fourth-order valence-electron chi connectivity index (χ4n) is 9.13. The fraction of sp³-hybridized carbons (Fsp3) is 1.00. The summed E-state index contributed by atoms with van der Waals surface area (Å²) in [5, 5.41) is 0. The van der Waals surface area contributed by atoms with Crippen molar-refractivity contribution >= 4 is 0 Å². The van der Waals surface area contributed by atoms with E-state index < -0.39 is 24.7 Å². The van der Waals surface area contributed by atoms with Crippen LogP contribution in [0.5, 0.6) is 0 Å². The van der Waals surface area contributed by atoms with Crippen LogP contribution in [0.1, 0.15) is 285 Å². The van der Waals surface area contributed by atoms with Crippen molar-refractivity contribution < 1.29 is 34.5 Å². The topological polar surface area (TPSA) is 0 Å². The smallest absolute Gasteiger partial charge is 0.100 e. The molecule has 0 aromatic carbocycles. The molecule has 0 fully saturated rings. The van der Waals surface area contributed by atoms with Crippen molar-refractivity contribution in [1.29, 1.82) is 0 Å². The summed E-state index contributed by atoms with van der Waals surface area (Å²) in [6, 6.07) is 0. The van der Waals surface area contributed by atoms with Crippen LogP contribution in [-0.4, -0.2) is 55.3 Å². The van der Waals surface area contributed by atoms with Crippen LogP contribution in [0.15, 0.2) is 0 Å². The molecule has 0 aliphatic heterocycles. The first-order chi connectivity index (χ1) is 27.8. The molecule has 6 heteroatoms. The lowest BCUT2D eigenvalue weighted by atomic mass is 10.0. The van der Waals surface area contributed by atoms with Gasteiger partial charge in [0.05, 0.1) is 26.2 Å². The number of halogens is 5. The first kappa shape index (κ1) is 60.1. The molecule has 58 heavy (non-hydrogen) atoms. The lowest BCUT2D eigenvalue weighted by Gasteiger charge is -2.40. The van der Waals surface area contributed by atoms with Crippen molar-refractivity contribution in [2.45, 2.75) is 309 Å². The van der Waals surface area contributed by atoms with E-state index in [0.29, 0.717) is 51.4 Å². The van der Waals surface area contributed by atoms with E-state index in [4.69, 9.17) is 0 Å². The van der Waals surface area contributed by atoms with Crippen molar-refractivity contribution in [2.75, 3.05) is 26.2 Å². The van der Waals surface area contributed by atoms with Crippen molar-refractivity contribution in [3.05, 3.63) is 0 Å². The van der Waals surface area contributed by atoms with Crippen LogP contribution >= 0.6 is 0 Å². The molecule has 0 saturated carbocycles. The van der Waals surface area contributed by atoms with Gasteiger partial charge in [0, 0.05) is 0 Å². The van der Waals surface area contributed by atoms with Crippen molar-refractivity contribution in [3.8, 4) is 0 Å². The van der Waals surface area contributed by atoms with Gasteiger partial charge in [0.15, 0.2) is 0 Å². The van der Waals surface area contributed by atoms with Gasteiger partial charge in [-0.15, -0.1) is 0 Å². The van der Waals surface area contributed by atoms with E-state index in [1.807, 2.05) is 0 Å². The van der Waals surface area contributed by atoms with E-state index in [1.165, 1.54) is 128 Å². The zero-order chi connectivity index (χ0) is 41.9. The van der Waals surface area contributed by atoms with Gasteiger partial charge in [-0.05, 0) is 77.0 Å². The molecule has 0 rings (SSSR count). The monoisotopic (exact) mass is 854 g/mol. The number of unbranched alkanes of at least 4 members (excludes halogenated alkanes) is 24. The average molecular weight is 855 g/mol. The Bertz CT molecular complexity index is 646. The summed E-state index contributed by atoms with van der Waals surface area (Å²) in [5.74, 6) is 0. The summed E-state index contributed by atoms with van der Waals surface area (Å²) in [6.07, 6.45) is 38.7. The molecule has 0 radical (unpaired) electrons. The standard InChI is InChI=1S/C52H104F4N.ClH/c1-5-9-13-17-21-25-29-37-49(53)41-33-45-57(46-34-42-50(54)38-30-26-22-18-14-10-6-2,47-35-43-51(55)39-31-27-23-19-15-11-7-3)48-36-44-52(56)40-32-28-24-20-16-12-8-4;/h49-52H,5-48H2,1-4H3;1H/q+1;/p-1. The van der Waals surface area contributed by atoms with Crippen LogP contribution in [-0.2, 0) is 0 Å². The van der Waals surface area contributed by atoms with Gasteiger partial charge in [-0.1, -0.05) is 207 Å². The van der Waals surface area contributed by atoms with Crippen LogP contribution in [0.3, 0.4) is 0 Å². The minimum atomic E-state index is -0.769. The quantitative estimate of drug-likeness (QED) is 0.0325. The van der Waals surface area contributed by atoms with Crippen molar-refractivity contribution in [3.63, 3.8) is 0 Å². The summed E-state index contributed by atoms with van der Waals surface area (Å²) >= 11 is 0. The van der Waals surface area contributed by atoms with Gasteiger partial charge in [0.2, 0.25) is 0 Å². The molecule has 0 aliphatic carbocycles. The Balaban J connectivity index is 0. The Labute approximate surface area is 368 Å². The average Bonchev–Trinajstić information content (AvgIpc) is 3.19. The number of rotatable bonds is 48. The first-order valence-electron chi connectivity index (χ1n) is 26.2. The van der Waals surface area contributed by atoms with E-state index in [9.17, 15) is 0 Å². The number of hydrogen-bond acceptors (Lipinski definition) is 0. The van der Waals surface area contributed by atoms with Gasteiger partial charge in [0.25, 0.3) is 0 Å². The van der Waals surface area contributed by atoms with Crippen LogP contribution in [0.4, 0.5) is 17.6 Å². The number of nitrogens with zero attached hydrogens (tertiary/aromatic N) is 1. The summed E-state index contributed by atoms with van der Waals surface area (Å²) in [7, 11) is 0. The highest BCUT2D eigenvalue weighted by atomic mass is 35.5. The molecule has 4 unspecified atom stereocenters. The molecule has 0 saturated heterocycles. The maximum atomic E-state index is 15.2. The summed E-state index contributed by atoms with van der Waals surface area (Å²) < 4.78 is 61.7. The number of hydrogen-bond donors (Lipinski definition) is 0. The van der Waals surface area contributed by atoms with Gasteiger partial charge in [-0.3, -0.25) is 0 Å². The van der Waals surface area contributed by atoms with Gasteiger partial charge >= 0.3 is 0 Å². The Morgan fingerprint density at radius 2 is 0.397 bits per heavy atom. The van der Waals surface area contributed by atoms with E-state index in [-0.39, 0.29) is 12.4 Å². The number of quaternary nitrogens is 1. The summed E-state index contributed by atoms with van der Waals surface area (Å²) in [4.78, 5) is 0. The molecule has 1 nitrogen and oxygen atoms in total. The predicted octanol–water partition coefficient (Wildman–Crippen LogP) is 15.8. The molecule has 352 valence electrons. The Morgan fingerprint density at radius 3 is 0.586 bits per heavy atom. The summed E-state index contributed by atoms with van der Waals surface area (Å²) in [5.41, 5.74) is 0. The minimum absolute atomic E-state index is 0. The van der Waals surface area contributed by atoms with Gasteiger partial charge < -0.3 is 16.9 Å². The zero-order valence-corrected chi connectivity index (χ0v) is 40.5. The van der Waals surface area contributed by atoms with E-state index >= 15 is 17.6 Å². The predicted molar refractivity (Wildman–Crippen MR) is 247 cm³/mol. The van der Waals surface area contributed by atoms with Crippen LogP contribution < -0.4 is 12.4 Å². The lowest BCUT2D eigenvalue weighted by Crippen LogP contribution is -3.00. The number of alkyl halides is 4. The molecule has 0 aromatic rings. The van der Waals surface area contributed by atoms with Crippen LogP contribution in [0.2, 0.25) is 0 Å². The van der Waals surface area contributed by atoms with Crippen molar-refractivity contribution in [1.82, 2.24) is 0 Å². The third kappa shape index (κ3) is 41.3. The van der Waals surface area contributed by atoms with Gasteiger partial charge in [0.1, 0.15) is 24.7 Å². The van der Waals surface area contributed by atoms with Gasteiger partial charge in [-0.25, -0.2) is 17.6 Å². The highest BCUT2D eigenvalue weighted by Gasteiger charge is 2.28. The molecule has 0 heterocycles. The Kier molecular flexibility index (Phi) is 48.1. The molecule has 0 aliphatic rings. The zero-order valence-electron chi connectivity index (χ0n) is 39.8. The molecular weight excluding hydrogens is 750 g/mol. The highest BCUT2D eigenvalue weighted by Crippen LogP contribution is 2.24. The molecule has 0 N–H and O–H groups in total. The van der Waals surface area contributed by atoms with E-state index in [1.54, 1.807) is 0 Å². The molecule has 0 bridgehead atoms.